The maximum absolute atomic E-state index is 13.3. The molecule has 0 amide bonds. The lowest BCUT2D eigenvalue weighted by Gasteiger charge is -2.17. The maximum Gasteiger partial charge on any atom is 0.242 e. The number of sulfonamides is 1. The average Bonchev–Trinajstić information content (AvgIpc) is 2.25. The predicted molar refractivity (Wildman–Crippen MR) is 82.2 cm³/mol. The quantitative estimate of drug-likeness (QED) is 0.783. The molecule has 0 aliphatic rings. The molecular weight excluding hydrogens is 355 g/mol. The Morgan fingerprint density at radius 2 is 2.16 bits per heavy atom. The number of hydrogen-bond donors (Lipinski definition) is 2. The Morgan fingerprint density at radius 1 is 1.58 bits per heavy atom. The van der Waals surface area contributed by atoms with Crippen molar-refractivity contribution in [1.29, 1.82) is 0 Å². The van der Waals surface area contributed by atoms with Crippen LogP contribution in [0.25, 0.3) is 0 Å². The molecule has 0 aliphatic heterocycles. The zero-order chi connectivity index (χ0) is 14.8. The van der Waals surface area contributed by atoms with Crippen LogP contribution in [0.1, 0.15) is 18.9 Å². The Kier molecular flexibility index (Phi) is 5.28. The summed E-state index contributed by atoms with van der Waals surface area (Å²) < 4.78 is 40.1. The summed E-state index contributed by atoms with van der Waals surface area (Å²) >= 11 is 7.76. The van der Waals surface area contributed by atoms with Gasteiger partial charge in [-0.15, -0.1) is 0 Å². The molecule has 19 heavy (non-hydrogen) atoms. The molecule has 1 aromatic carbocycles. The zero-order valence-electron chi connectivity index (χ0n) is 10.4. The fourth-order valence-electron chi connectivity index (χ4n) is 1.55. The zero-order valence-corrected chi connectivity index (χ0v) is 13.6. The van der Waals surface area contributed by atoms with Gasteiger partial charge < -0.3 is 5.73 Å². The Balaban J connectivity index is 3.15. The van der Waals surface area contributed by atoms with E-state index in [0.717, 1.165) is 0 Å². The molecule has 0 fully saturated rings. The average molecular weight is 369 g/mol. The van der Waals surface area contributed by atoms with Crippen LogP contribution in [0.4, 0.5) is 10.1 Å². The van der Waals surface area contributed by atoms with Crippen molar-refractivity contribution in [2.24, 2.45) is 5.73 Å². The molecule has 4 nitrogen and oxygen atoms in total. The Hall–Kier alpha value is -0.730. The van der Waals surface area contributed by atoms with Crippen LogP contribution in [0.5, 0.6) is 0 Å². The lowest BCUT2D eigenvalue weighted by Crippen LogP contribution is -2.37. The highest BCUT2D eigenvalue weighted by Gasteiger charge is 2.27. The van der Waals surface area contributed by atoms with Gasteiger partial charge in [0.1, 0.15) is 11.1 Å². The summed E-state index contributed by atoms with van der Waals surface area (Å²) in [6.07, 6.45) is 0.270. The van der Waals surface area contributed by atoms with Crippen LogP contribution in [0.15, 0.2) is 16.6 Å². The summed E-state index contributed by atoms with van der Waals surface area (Å²) in [7, 11) is -3.74. The maximum atomic E-state index is 13.3. The monoisotopic (exact) mass is 368 g/mol. The normalized spacial score (nSPS) is 13.1. The number of halogens is 2. The summed E-state index contributed by atoms with van der Waals surface area (Å²) in [5, 5.41) is -0.953. The second kappa shape index (κ2) is 6.15. The number of hydrogen-bond acceptors (Lipinski definition) is 3. The van der Waals surface area contributed by atoms with Gasteiger partial charge in [0.15, 0.2) is 0 Å². The first-order chi connectivity index (χ1) is 8.69. The molecule has 3 N–H and O–H groups in total. The van der Waals surface area contributed by atoms with Gasteiger partial charge in [0.25, 0.3) is 0 Å². The molecule has 0 saturated carbocycles. The number of thiocarbonyl (C=S) groups is 1. The molecule has 1 atom stereocenters. The summed E-state index contributed by atoms with van der Waals surface area (Å²) in [6, 6.07) is 2.61. The fraction of sp³-hybridized carbons (Fsp3) is 0.364. The molecule has 0 aliphatic carbocycles. The second-order valence-electron chi connectivity index (χ2n) is 4.03. The second-order valence-corrected chi connectivity index (χ2v) is 7.22. The number of nitrogens with one attached hydrogen (secondary N) is 1. The van der Waals surface area contributed by atoms with Crippen molar-refractivity contribution in [3.8, 4) is 0 Å². The topological polar surface area (TPSA) is 72.2 Å². The molecule has 8 heteroatoms. The summed E-state index contributed by atoms with van der Waals surface area (Å²) in [6.45, 7) is 3.28. The van der Waals surface area contributed by atoms with Gasteiger partial charge in [-0.05, 0) is 47.0 Å². The molecule has 1 unspecified atom stereocenters. The van der Waals surface area contributed by atoms with Gasteiger partial charge in [0, 0.05) is 0 Å². The van der Waals surface area contributed by atoms with Gasteiger partial charge >= 0.3 is 0 Å². The van der Waals surface area contributed by atoms with E-state index in [1.165, 1.54) is 12.1 Å². The van der Waals surface area contributed by atoms with Crippen molar-refractivity contribution >= 4 is 48.8 Å². The van der Waals surface area contributed by atoms with Crippen molar-refractivity contribution in [3.05, 3.63) is 28.0 Å². The van der Waals surface area contributed by atoms with Crippen LogP contribution in [0, 0.1) is 12.7 Å². The third kappa shape index (κ3) is 3.87. The number of rotatable bonds is 5. The first kappa shape index (κ1) is 16.3. The van der Waals surface area contributed by atoms with Crippen molar-refractivity contribution in [2.45, 2.75) is 25.5 Å². The standard InChI is InChI=1S/C11H14BrFN2O2S2/c1-3-10(11(14)18)19(16,17)15-9-5-7(12)8(13)4-6(9)2/h4-5,10,15H,3H2,1-2H3,(H2,14,18). The highest BCUT2D eigenvalue weighted by Crippen LogP contribution is 2.26. The first-order valence-electron chi connectivity index (χ1n) is 5.45. The molecule has 0 radical (unpaired) electrons. The highest BCUT2D eigenvalue weighted by atomic mass is 79.9. The molecule has 0 aromatic heterocycles. The third-order valence-electron chi connectivity index (χ3n) is 2.58. The van der Waals surface area contributed by atoms with Gasteiger partial charge in [-0.25, -0.2) is 12.8 Å². The predicted octanol–water partition coefficient (Wildman–Crippen LogP) is 2.70. The van der Waals surface area contributed by atoms with Gasteiger partial charge in [-0.1, -0.05) is 19.1 Å². The highest BCUT2D eigenvalue weighted by molar-refractivity contribution is 9.10. The van der Waals surface area contributed by atoms with E-state index in [1.54, 1.807) is 13.8 Å². The van der Waals surface area contributed by atoms with Crippen molar-refractivity contribution < 1.29 is 12.8 Å². The van der Waals surface area contributed by atoms with E-state index in [2.05, 4.69) is 20.7 Å². The van der Waals surface area contributed by atoms with Crippen molar-refractivity contribution in [3.63, 3.8) is 0 Å². The summed E-state index contributed by atoms with van der Waals surface area (Å²) in [5.41, 5.74) is 6.19. The van der Waals surface area contributed by atoms with Crippen LogP contribution < -0.4 is 10.5 Å². The lowest BCUT2D eigenvalue weighted by molar-refractivity contribution is 0.594. The van der Waals surface area contributed by atoms with E-state index < -0.39 is 21.1 Å². The molecular formula is C11H14BrFN2O2S2. The van der Waals surface area contributed by atoms with Crippen LogP contribution >= 0.6 is 28.1 Å². The van der Waals surface area contributed by atoms with E-state index in [4.69, 9.17) is 18.0 Å². The van der Waals surface area contributed by atoms with Crippen molar-refractivity contribution in [2.75, 3.05) is 4.72 Å². The minimum atomic E-state index is -3.74. The number of benzene rings is 1. The van der Waals surface area contributed by atoms with Gasteiger partial charge in [0.2, 0.25) is 10.0 Å². The minimum Gasteiger partial charge on any atom is -0.392 e. The molecule has 0 bridgehead atoms. The van der Waals surface area contributed by atoms with Crippen molar-refractivity contribution in [1.82, 2.24) is 0 Å². The van der Waals surface area contributed by atoms with E-state index >= 15 is 0 Å². The lowest BCUT2D eigenvalue weighted by atomic mass is 10.2. The van der Waals surface area contributed by atoms with Crippen LogP contribution in [-0.2, 0) is 10.0 Å². The third-order valence-corrected chi connectivity index (χ3v) is 5.46. The molecule has 1 aromatic rings. The van der Waals surface area contributed by atoms with E-state index in [9.17, 15) is 12.8 Å². The number of anilines is 1. The first-order valence-corrected chi connectivity index (χ1v) is 8.20. The summed E-state index contributed by atoms with van der Waals surface area (Å²) in [4.78, 5) is -0.0890. The minimum absolute atomic E-state index is 0.0890. The van der Waals surface area contributed by atoms with Crippen LogP contribution in [0.3, 0.4) is 0 Å². The summed E-state index contributed by atoms with van der Waals surface area (Å²) in [5.74, 6) is -0.457. The molecule has 106 valence electrons. The number of nitrogens with two attached hydrogens (primary N) is 1. The van der Waals surface area contributed by atoms with Gasteiger partial charge in [0.05, 0.1) is 15.1 Å². The Labute approximate surface area is 125 Å². The molecule has 1 rings (SSSR count). The Morgan fingerprint density at radius 3 is 2.63 bits per heavy atom. The van der Waals surface area contributed by atoms with Crippen LogP contribution in [0.2, 0.25) is 0 Å². The Bertz CT molecular complexity index is 605. The smallest absolute Gasteiger partial charge is 0.242 e. The fourth-order valence-corrected chi connectivity index (χ4v) is 3.86. The molecule has 0 saturated heterocycles. The molecule has 0 heterocycles. The van der Waals surface area contributed by atoms with E-state index in [-0.39, 0.29) is 15.9 Å². The van der Waals surface area contributed by atoms with Gasteiger partial charge in [-0.2, -0.15) is 0 Å². The van der Waals surface area contributed by atoms with Gasteiger partial charge in [-0.3, -0.25) is 4.72 Å². The van der Waals surface area contributed by atoms with E-state index in [1.807, 2.05) is 0 Å². The SMILES string of the molecule is CCC(C(N)=S)S(=O)(=O)Nc1cc(Br)c(F)cc1C. The largest absolute Gasteiger partial charge is 0.392 e. The number of aryl methyl sites for hydroxylation is 1. The van der Waals surface area contributed by atoms with E-state index in [0.29, 0.717) is 11.3 Å². The molecule has 0 spiro atoms. The van der Waals surface area contributed by atoms with Crippen LogP contribution in [-0.4, -0.2) is 18.7 Å².